The van der Waals surface area contributed by atoms with Gasteiger partial charge in [-0.2, -0.15) is 9.29 Å². The van der Waals surface area contributed by atoms with Gasteiger partial charge >= 0.3 is 0 Å². The van der Waals surface area contributed by atoms with E-state index in [2.05, 4.69) is 15.0 Å². The molecule has 0 spiro atoms. The van der Waals surface area contributed by atoms with Crippen LogP contribution in [0.4, 0.5) is 0 Å². The van der Waals surface area contributed by atoms with Gasteiger partial charge in [0.1, 0.15) is 4.21 Å². The first-order chi connectivity index (χ1) is 11.4. The maximum atomic E-state index is 12.7. The molecule has 1 saturated heterocycles. The third-order valence-electron chi connectivity index (χ3n) is 4.29. The van der Waals surface area contributed by atoms with Crippen molar-refractivity contribution in [3.63, 3.8) is 0 Å². The Bertz CT molecular complexity index is 791. The van der Waals surface area contributed by atoms with Crippen molar-refractivity contribution in [2.24, 2.45) is 0 Å². The third kappa shape index (κ3) is 3.39. The molecule has 0 bridgehead atoms. The van der Waals surface area contributed by atoms with Crippen LogP contribution in [0.2, 0.25) is 0 Å². The van der Waals surface area contributed by atoms with E-state index in [9.17, 15) is 8.42 Å². The van der Waals surface area contributed by atoms with E-state index in [4.69, 9.17) is 4.52 Å². The summed E-state index contributed by atoms with van der Waals surface area (Å²) in [6.07, 6.45) is 0.739. The summed E-state index contributed by atoms with van der Waals surface area (Å²) in [5, 5.41) is 3.93. The highest BCUT2D eigenvalue weighted by atomic mass is 32.2. The van der Waals surface area contributed by atoms with Crippen molar-refractivity contribution < 1.29 is 12.9 Å². The summed E-state index contributed by atoms with van der Waals surface area (Å²) in [6, 6.07) is 3.53. The highest BCUT2D eigenvalue weighted by molar-refractivity contribution is 7.91. The van der Waals surface area contributed by atoms with Crippen molar-refractivity contribution in [1.29, 1.82) is 0 Å². The fourth-order valence-corrected chi connectivity index (χ4v) is 5.61. The lowest BCUT2D eigenvalue weighted by Crippen LogP contribution is -2.49. The minimum absolute atomic E-state index is 0.00774. The van der Waals surface area contributed by atoms with Gasteiger partial charge in [-0.3, -0.25) is 4.90 Å². The second kappa shape index (κ2) is 6.91. The van der Waals surface area contributed by atoms with Crippen LogP contribution in [0, 0.1) is 6.92 Å². The Balaban J connectivity index is 1.65. The summed E-state index contributed by atoms with van der Waals surface area (Å²) in [6.45, 7) is 8.15. The number of aryl methyl sites for hydroxylation is 2. The van der Waals surface area contributed by atoms with E-state index < -0.39 is 10.0 Å². The Hall–Kier alpha value is -1.29. The standard InChI is InChI=1S/C15H22N4O3S2/c1-4-13-16-15(22-17-13)12(3)18-7-9-19(10-8-18)24(20,21)14-6-5-11(2)23-14/h5-6,12H,4,7-10H2,1-3H3/t12-/m1/s1. The van der Waals surface area contributed by atoms with Crippen molar-refractivity contribution >= 4 is 21.4 Å². The molecule has 132 valence electrons. The van der Waals surface area contributed by atoms with Gasteiger partial charge in [-0.25, -0.2) is 8.42 Å². The van der Waals surface area contributed by atoms with Gasteiger partial charge in [-0.1, -0.05) is 12.1 Å². The molecule has 0 aliphatic carbocycles. The van der Waals surface area contributed by atoms with E-state index in [1.807, 2.05) is 26.8 Å². The normalized spacial score (nSPS) is 18.8. The zero-order valence-electron chi connectivity index (χ0n) is 14.1. The van der Waals surface area contributed by atoms with Crippen LogP contribution in [-0.2, 0) is 16.4 Å². The largest absolute Gasteiger partial charge is 0.338 e. The van der Waals surface area contributed by atoms with Crippen molar-refractivity contribution in [3.8, 4) is 0 Å². The molecule has 7 nitrogen and oxygen atoms in total. The Morgan fingerprint density at radius 1 is 1.29 bits per heavy atom. The number of piperazine rings is 1. The molecule has 0 amide bonds. The van der Waals surface area contributed by atoms with E-state index in [0.717, 1.165) is 11.3 Å². The Kier molecular flexibility index (Phi) is 5.05. The number of rotatable bonds is 5. The predicted molar refractivity (Wildman–Crippen MR) is 91.5 cm³/mol. The van der Waals surface area contributed by atoms with Crippen LogP contribution >= 0.6 is 11.3 Å². The molecule has 1 aliphatic heterocycles. The summed E-state index contributed by atoms with van der Waals surface area (Å²) in [7, 11) is -3.38. The first-order valence-corrected chi connectivity index (χ1v) is 10.3. The molecule has 0 saturated carbocycles. The molecule has 0 aromatic carbocycles. The summed E-state index contributed by atoms with van der Waals surface area (Å²) < 4.78 is 32.6. The number of nitrogens with zero attached hydrogens (tertiary/aromatic N) is 4. The number of sulfonamides is 1. The summed E-state index contributed by atoms with van der Waals surface area (Å²) >= 11 is 1.32. The Labute approximate surface area is 146 Å². The molecule has 24 heavy (non-hydrogen) atoms. The molecule has 0 N–H and O–H groups in total. The van der Waals surface area contributed by atoms with E-state index in [-0.39, 0.29) is 6.04 Å². The summed E-state index contributed by atoms with van der Waals surface area (Å²) in [5.41, 5.74) is 0. The molecule has 2 aromatic rings. The monoisotopic (exact) mass is 370 g/mol. The highest BCUT2D eigenvalue weighted by Crippen LogP contribution is 2.27. The molecular weight excluding hydrogens is 348 g/mol. The molecule has 9 heteroatoms. The molecule has 3 rings (SSSR count). The molecule has 2 aromatic heterocycles. The quantitative estimate of drug-likeness (QED) is 0.802. The second-order valence-electron chi connectivity index (χ2n) is 5.88. The molecule has 0 unspecified atom stereocenters. The van der Waals surface area contributed by atoms with Crippen molar-refractivity contribution in [2.75, 3.05) is 26.2 Å². The fourth-order valence-electron chi connectivity index (χ4n) is 2.75. The maximum Gasteiger partial charge on any atom is 0.252 e. The molecule has 1 aliphatic rings. The zero-order chi connectivity index (χ0) is 17.3. The van der Waals surface area contributed by atoms with Crippen LogP contribution in [-0.4, -0.2) is 53.9 Å². The Morgan fingerprint density at radius 3 is 2.54 bits per heavy atom. The van der Waals surface area contributed by atoms with Gasteiger partial charge < -0.3 is 4.52 Å². The Morgan fingerprint density at radius 2 is 2.00 bits per heavy atom. The average molecular weight is 371 g/mol. The van der Waals surface area contributed by atoms with Crippen LogP contribution in [0.3, 0.4) is 0 Å². The number of aromatic nitrogens is 2. The number of hydrogen-bond donors (Lipinski definition) is 0. The van der Waals surface area contributed by atoms with Crippen LogP contribution in [0.15, 0.2) is 20.9 Å². The van der Waals surface area contributed by atoms with Crippen LogP contribution in [0.25, 0.3) is 0 Å². The third-order valence-corrected chi connectivity index (χ3v) is 7.65. The lowest BCUT2D eigenvalue weighted by Gasteiger charge is -2.35. The molecule has 0 radical (unpaired) electrons. The van der Waals surface area contributed by atoms with Gasteiger partial charge in [0.05, 0.1) is 6.04 Å². The average Bonchev–Trinajstić information content (AvgIpc) is 3.23. The smallest absolute Gasteiger partial charge is 0.252 e. The van der Waals surface area contributed by atoms with E-state index in [1.165, 1.54) is 11.3 Å². The van der Waals surface area contributed by atoms with E-state index in [1.54, 1.807) is 10.4 Å². The first-order valence-electron chi connectivity index (χ1n) is 8.05. The minimum atomic E-state index is -3.38. The van der Waals surface area contributed by atoms with Crippen LogP contribution in [0.1, 0.15) is 36.5 Å². The maximum absolute atomic E-state index is 12.7. The molecule has 1 atom stereocenters. The van der Waals surface area contributed by atoms with Gasteiger partial charge in [0, 0.05) is 37.5 Å². The summed E-state index contributed by atoms with van der Waals surface area (Å²) in [4.78, 5) is 7.56. The van der Waals surface area contributed by atoms with Gasteiger partial charge in [-0.05, 0) is 26.0 Å². The lowest BCUT2D eigenvalue weighted by atomic mass is 10.2. The topological polar surface area (TPSA) is 79.5 Å². The summed E-state index contributed by atoms with van der Waals surface area (Å²) in [5.74, 6) is 1.29. The van der Waals surface area contributed by atoms with Crippen LogP contribution < -0.4 is 0 Å². The zero-order valence-corrected chi connectivity index (χ0v) is 15.7. The van der Waals surface area contributed by atoms with Crippen molar-refractivity contribution in [3.05, 3.63) is 28.7 Å². The molecular formula is C15H22N4O3S2. The highest BCUT2D eigenvalue weighted by Gasteiger charge is 2.32. The van der Waals surface area contributed by atoms with E-state index >= 15 is 0 Å². The minimum Gasteiger partial charge on any atom is -0.338 e. The second-order valence-corrected chi connectivity index (χ2v) is 9.34. The van der Waals surface area contributed by atoms with Gasteiger partial charge in [0.25, 0.3) is 10.0 Å². The number of thiophene rings is 1. The van der Waals surface area contributed by atoms with Crippen molar-refractivity contribution in [2.45, 2.75) is 37.4 Å². The molecule has 3 heterocycles. The van der Waals surface area contributed by atoms with Crippen LogP contribution in [0.5, 0.6) is 0 Å². The first kappa shape index (κ1) is 17.5. The van der Waals surface area contributed by atoms with Gasteiger partial charge in [0.15, 0.2) is 5.82 Å². The lowest BCUT2D eigenvalue weighted by molar-refractivity contribution is 0.124. The SMILES string of the molecule is CCc1noc([C@@H](C)N2CCN(S(=O)(=O)c3ccc(C)s3)CC2)n1. The van der Waals surface area contributed by atoms with Gasteiger partial charge in [0.2, 0.25) is 5.89 Å². The predicted octanol–water partition coefficient (Wildman–Crippen LogP) is 2.07. The molecule has 1 fully saturated rings. The number of hydrogen-bond acceptors (Lipinski definition) is 7. The van der Waals surface area contributed by atoms with Gasteiger partial charge in [-0.15, -0.1) is 11.3 Å². The van der Waals surface area contributed by atoms with E-state index in [0.29, 0.717) is 42.1 Å². The fraction of sp³-hybridized carbons (Fsp3) is 0.600. The van der Waals surface area contributed by atoms with Crippen molar-refractivity contribution in [1.82, 2.24) is 19.3 Å².